The predicted octanol–water partition coefficient (Wildman–Crippen LogP) is 3.24. The molecule has 0 spiro atoms. The number of rotatable bonds is 16. The van der Waals surface area contributed by atoms with E-state index in [9.17, 15) is 19.2 Å². The number of carboxylic acids is 1. The monoisotopic (exact) mass is 545 g/mol. The van der Waals surface area contributed by atoms with Crippen LogP contribution < -0.4 is 10.6 Å². The number of hydrogen-bond donors (Lipinski definition) is 3. The zero-order chi connectivity index (χ0) is 28.7. The van der Waals surface area contributed by atoms with Gasteiger partial charge in [-0.15, -0.1) is 0 Å². The third-order valence-corrected chi connectivity index (χ3v) is 6.15. The van der Waals surface area contributed by atoms with E-state index in [4.69, 9.17) is 5.11 Å². The average Bonchev–Trinajstić information content (AvgIpc) is 2.94. The molecule has 1 aromatic carbocycles. The minimum absolute atomic E-state index is 0.0268. The van der Waals surface area contributed by atoms with Gasteiger partial charge >= 0.3 is 5.97 Å². The number of carboxylic acid groups (broad SMARTS) is 1. The van der Waals surface area contributed by atoms with E-state index < -0.39 is 11.9 Å². The molecule has 2 heterocycles. The number of anilines is 1. The summed E-state index contributed by atoms with van der Waals surface area (Å²) < 4.78 is 0. The fourth-order valence-corrected chi connectivity index (χ4v) is 3.99. The fraction of sp³-hybridized carbons (Fsp3) is 0.333. The summed E-state index contributed by atoms with van der Waals surface area (Å²) in [6, 6.07) is 18.8. The van der Waals surface area contributed by atoms with Crippen molar-refractivity contribution in [2.24, 2.45) is 5.92 Å². The average molecular weight is 546 g/mol. The van der Waals surface area contributed by atoms with Crippen molar-refractivity contribution in [1.29, 1.82) is 0 Å². The van der Waals surface area contributed by atoms with Crippen LogP contribution in [0.3, 0.4) is 0 Å². The molecule has 0 aliphatic carbocycles. The lowest BCUT2D eigenvalue weighted by molar-refractivity contribution is -0.143. The molecule has 3 aromatic rings. The van der Waals surface area contributed by atoms with Gasteiger partial charge in [0.15, 0.2) is 0 Å². The Morgan fingerprint density at radius 2 is 1.48 bits per heavy atom. The lowest BCUT2D eigenvalue weighted by atomic mass is 10.0. The van der Waals surface area contributed by atoms with Crippen LogP contribution in [0.4, 0.5) is 5.69 Å². The van der Waals surface area contributed by atoms with Gasteiger partial charge in [0, 0.05) is 57.0 Å². The molecule has 3 rings (SSSR count). The van der Waals surface area contributed by atoms with Gasteiger partial charge in [0.05, 0.1) is 23.9 Å². The second kappa shape index (κ2) is 15.8. The van der Waals surface area contributed by atoms with Crippen LogP contribution in [0, 0.1) is 5.92 Å². The van der Waals surface area contributed by atoms with Crippen molar-refractivity contribution in [2.75, 3.05) is 18.4 Å². The van der Waals surface area contributed by atoms with Crippen molar-refractivity contribution in [3.05, 3.63) is 90.0 Å². The first kappa shape index (κ1) is 30.1. The van der Waals surface area contributed by atoms with Gasteiger partial charge in [-0.2, -0.15) is 0 Å². The lowest BCUT2D eigenvalue weighted by Crippen LogP contribution is -2.33. The summed E-state index contributed by atoms with van der Waals surface area (Å²) in [7, 11) is 0. The number of Topliss-reactive ketones (excluding diaryl/α,β-unsaturated/α-hetero) is 1. The topological polar surface area (TPSA) is 142 Å². The molecule has 10 heteroatoms. The molecule has 2 amide bonds. The van der Waals surface area contributed by atoms with Gasteiger partial charge in [-0.3, -0.25) is 34.0 Å². The van der Waals surface area contributed by atoms with Crippen molar-refractivity contribution >= 4 is 29.3 Å². The molecule has 10 nitrogen and oxygen atoms in total. The summed E-state index contributed by atoms with van der Waals surface area (Å²) in [6.07, 6.45) is 4.04. The van der Waals surface area contributed by atoms with Crippen molar-refractivity contribution in [1.82, 2.24) is 20.2 Å². The molecule has 0 bridgehead atoms. The number of amides is 2. The van der Waals surface area contributed by atoms with Crippen LogP contribution in [0.15, 0.2) is 73.1 Å². The van der Waals surface area contributed by atoms with Gasteiger partial charge in [-0.1, -0.05) is 31.2 Å². The molecule has 0 aliphatic heterocycles. The molecule has 0 saturated heterocycles. The summed E-state index contributed by atoms with van der Waals surface area (Å²) in [6.45, 7) is 3.05. The van der Waals surface area contributed by atoms with Gasteiger partial charge < -0.3 is 15.7 Å². The Balaban J connectivity index is 1.43. The first-order chi connectivity index (χ1) is 19.3. The minimum atomic E-state index is -1.02. The molecule has 40 heavy (non-hydrogen) atoms. The third kappa shape index (κ3) is 11.1. The highest BCUT2D eigenvalue weighted by atomic mass is 16.4. The van der Waals surface area contributed by atoms with E-state index in [1.54, 1.807) is 12.4 Å². The first-order valence-electron chi connectivity index (χ1n) is 13.2. The van der Waals surface area contributed by atoms with Gasteiger partial charge in [0.25, 0.3) is 0 Å². The summed E-state index contributed by atoms with van der Waals surface area (Å²) >= 11 is 0. The maximum absolute atomic E-state index is 12.8. The molecule has 0 unspecified atom stereocenters. The molecule has 0 fully saturated rings. The van der Waals surface area contributed by atoms with Crippen LogP contribution in [0.2, 0.25) is 0 Å². The molecule has 0 radical (unpaired) electrons. The number of aromatic nitrogens is 2. The summed E-state index contributed by atoms with van der Waals surface area (Å²) in [4.78, 5) is 58.2. The van der Waals surface area contributed by atoms with Crippen molar-refractivity contribution in [3.63, 3.8) is 0 Å². The van der Waals surface area contributed by atoms with E-state index in [-0.39, 0.29) is 43.4 Å². The van der Waals surface area contributed by atoms with E-state index in [1.807, 2.05) is 65.6 Å². The van der Waals surface area contributed by atoms with E-state index in [1.165, 1.54) is 6.92 Å². The largest absolute Gasteiger partial charge is 0.481 e. The van der Waals surface area contributed by atoms with Gasteiger partial charge in [-0.05, 0) is 48.4 Å². The highest BCUT2D eigenvalue weighted by molar-refractivity contribution is 5.92. The van der Waals surface area contributed by atoms with Crippen LogP contribution in [-0.4, -0.2) is 56.6 Å². The predicted molar refractivity (Wildman–Crippen MR) is 150 cm³/mol. The van der Waals surface area contributed by atoms with Crippen molar-refractivity contribution < 1.29 is 24.3 Å². The Bertz CT molecular complexity index is 1210. The van der Waals surface area contributed by atoms with Crippen LogP contribution >= 0.6 is 0 Å². The summed E-state index contributed by atoms with van der Waals surface area (Å²) in [5.41, 5.74) is 3.38. The number of ketones is 1. The maximum atomic E-state index is 12.8. The maximum Gasteiger partial charge on any atom is 0.306 e. The number of nitrogens with one attached hydrogen (secondary N) is 2. The third-order valence-electron chi connectivity index (χ3n) is 6.15. The zero-order valence-electron chi connectivity index (χ0n) is 22.6. The number of carbonyl (C=O) groups excluding carboxylic acids is 3. The molecular formula is C30H35N5O5. The summed E-state index contributed by atoms with van der Waals surface area (Å²) in [5.74, 6) is -2.41. The number of nitrogens with zero attached hydrogens (tertiary/aromatic N) is 3. The van der Waals surface area contributed by atoms with Crippen LogP contribution in [-0.2, 0) is 38.7 Å². The second-order valence-electron chi connectivity index (χ2n) is 9.61. The van der Waals surface area contributed by atoms with E-state index >= 15 is 0 Å². The molecule has 1 atom stereocenters. The van der Waals surface area contributed by atoms with E-state index in [0.29, 0.717) is 31.7 Å². The normalized spacial score (nSPS) is 11.6. The molecule has 2 aromatic heterocycles. The Kier molecular flexibility index (Phi) is 11.9. The second-order valence-corrected chi connectivity index (χ2v) is 9.61. The number of pyridine rings is 2. The van der Waals surface area contributed by atoms with E-state index in [2.05, 4.69) is 20.6 Å². The smallest absolute Gasteiger partial charge is 0.306 e. The highest BCUT2D eigenvalue weighted by Crippen LogP contribution is 2.12. The summed E-state index contributed by atoms with van der Waals surface area (Å²) in [5, 5.41) is 14.6. The molecule has 3 N–H and O–H groups in total. The molecule has 210 valence electrons. The van der Waals surface area contributed by atoms with Gasteiger partial charge in [0.2, 0.25) is 11.8 Å². The molecular weight excluding hydrogens is 510 g/mol. The lowest BCUT2D eigenvalue weighted by Gasteiger charge is -2.21. The molecule has 0 saturated carbocycles. The highest BCUT2D eigenvalue weighted by Gasteiger charge is 2.17. The Hall–Kier alpha value is -4.44. The SMILES string of the molecule is C[C@@H](CC(=O)CCC(=O)NCCc1ccc(NC(=O)CN(Cc2ccccn2)Cc2ccccn2)cc1)C(=O)O. The van der Waals surface area contributed by atoms with Crippen LogP contribution in [0.5, 0.6) is 0 Å². The Labute approximate surface area is 233 Å². The van der Waals surface area contributed by atoms with Crippen LogP contribution in [0.25, 0.3) is 0 Å². The fourth-order valence-electron chi connectivity index (χ4n) is 3.99. The molecule has 0 aliphatic rings. The van der Waals surface area contributed by atoms with Gasteiger partial charge in [0.1, 0.15) is 5.78 Å². The number of benzene rings is 1. The first-order valence-corrected chi connectivity index (χ1v) is 13.2. The van der Waals surface area contributed by atoms with Crippen molar-refractivity contribution in [3.8, 4) is 0 Å². The van der Waals surface area contributed by atoms with E-state index in [0.717, 1.165) is 17.0 Å². The minimum Gasteiger partial charge on any atom is -0.481 e. The van der Waals surface area contributed by atoms with Gasteiger partial charge in [-0.25, -0.2) is 0 Å². The zero-order valence-corrected chi connectivity index (χ0v) is 22.6. The van der Waals surface area contributed by atoms with Crippen LogP contribution in [0.1, 0.15) is 43.1 Å². The quantitative estimate of drug-likeness (QED) is 0.249. The standard InChI is InChI=1S/C30H35N5O5/c1-22(30(39)40)18-27(36)12-13-28(37)33-17-14-23-8-10-24(11-9-23)34-29(38)21-35(19-25-6-2-4-15-31-25)20-26-7-3-5-16-32-26/h2-11,15-16,22H,12-14,17-21H2,1H3,(H,33,37)(H,34,38)(H,39,40)/t22-/m0/s1. The number of aliphatic carboxylic acids is 1. The number of hydrogen-bond acceptors (Lipinski definition) is 7. The van der Waals surface area contributed by atoms with Crippen molar-refractivity contribution in [2.45, 2.75) is 45.7 Å². The number of carbonyl (C=O) groups is 4. The Morgan fingerprint density at radius 3 is 2.02 bits per heavy atom. The Morgan fingerprint density at radius 1 is 0.850 bits per heavy atom.